The van der Waals surface area contributed by atoms with E-state index in [4.69, 9.17) is 5.73 Å². The third kappa shape index (κ3) is 3.72. The van der Waals surface area contributed by atoms with Crippen LogP contribution in [0.5, 0.6) is 0 Å². The average molecular weight is 242 g/mol. The molecule has 0 saturated heterocycles. The highest BCUT2D eigenvalue weighted by atomic mass is 32.1. The fourth-order valence-corrected chi connectivity index (χ4v) is 2.30. The Morgan fingerprint density at radius 1 is 1.38 bits per heavy atom. The van der Waals surface area contributed by atoms with Crippen LogP contribution >= 0.6 is 11.5 Å². The van der Waals surface area contributed by atoms with Crippen molar-refractivity contribution in [3.05, 3.63) is 5.82 Å². The van der Waals surface area contributed by atoms with Crippen LogP contribution in [0.25, 0.3) is 0 Å². The highest BCUT2D eigenvalue weighted by Gasteiger charge is 2.12. The van der Waals surface area contributed by atoms with Crippen molar-refractivity contribution < 1.29 is 0 Å². The van der Waals surface area contributed by atoms with E-state index in [-0.39, 0.29) is 0 Å². The predicted octanol–water partition coefficient (Wildman–Crippen LogP) is 2.23. The number of aromatic nitrogens is 2. The van der Waals surface area contributed by atoms with Gasteiger partial charge in [0.15, 0.2) is 0 Å². The van der Waals surface area contributed by atoms with Gasteiger partial charge in [-0.25, -0.2) is 4.98 Å². The number of hydrogen-bond donors (Lipinski definition) is 1. The van der Waals surface area contributed by atoms with Crippen molar-refractivity contribution in [3.8, 4) is 0 Å². The maximum Gasteiger partial charge on any atom is 0.205 e. The van der Waals surface area contributed by atoms with Crippen LogP contribution in [0.15, 0.2) is 0 Å². The Bertz CT molecular complexity index is 298. The lowest BCUT2D eigenvalue weighted by molar-refractivity contribution is 0.712. The molecule has 1 rings (SSSR count). The van der Waals surface area contributed by atoms with Crippen LogP contribution in [0, 0.1) is 0 Å². The molecule has 0 aliphatic carbocycles. The predicted molar refractivity (Wildman–Crippen MR) is 70.2 cm³/mol. The molecule has 0 aliphatic heterocycles. The van der Waals surface area contributed by atoms with Gasteiger partial charge in [-0.2, -0.15) is 4.37 Å². The van der Waals surface area contributed by atoms with Crippen molar-refractivity contribution in [3.63, 3.8) is 0 Å². The first-order valence-electron chi connectivity index (χ1n) is 5.97. The molecule has 0 aromatic carbocycles. The Hall–Kier alpha value is -0.680. The summed E-state index contributed by atoms with van der Waals surface area (Å²) >= 11 is 1.50. The van der Waals surface area contributed by atoms with Crippen molar-refractivity contribution in [2.24, 2.45) is 5.73 Å². The second-order valence-electron chi connectivity index (χ2n) is 4.22. The van der Waals surface area contributed by atoms with Gasteiger partial charge in [0.2, 0.25) is 5.13 Å². The second kappa shape index (κ2) is 6.81. The number of anilines is 1. The summed E-state index contributed by atoms with van der Waals surface area (Å²) in [4.78, 5) is 6.86. The molecule has 0 amide bonds. The summed E-state index contributed by atoms with van der Waals surface area (Å²) in [5.74, 6) is 1.36. The maximum absolute atomic E-state index is 5.55. The number of nitrogens with two attached hydrogens (primary N) is 1. The first-order chi connectivity index (χ1) is 7.69. The monoisotopic (exact) mass is 242 g/mol. The molecule has 16 heavy (non-hydrogen) atoms. The molecule has 92 valence electrons. The van der Waals surface area contributed by atoms with Crippen LogP contribution in [0.1, 0.15) is 45.4 Å². The van der Waals surface area contributed by atoms with E-state index in [0.717, 1.165) is 43.4 Å². The number of hydrogen-bond acceptors (Lipinski definition) is 5. The fraction of sp³-hybridized carbons (Fsp3) is 0.818. The smallest absolute Gasteiger partial charge is 0.205 e. The van der Waals surface area contributed by atoms with Crippen LogP contribution in [-0.4, -0.2) is 29.0 Å². The average Bonchev–Trinajstić information content (AvgIpc) is 2.73. The van der Waals surface area contributed by atoms with Crippen molar-refractivity contribution in [2.45, 2.75) is 39.5 Å². The Kier molecular flexibility index (Phi) is 5.69. The van der Waals surface area contributed by atoms with Crippen molar-refractivity contribution >= 4 is 16.7 Å². The summed E-state index contributed by atoms with van der Waals surface area (Å²) in [6, 6.07) is 0. The first-order valence-corrected chi connectivity index (χ1v) is 6.75. The summed E-state index contributed by atoms with van der Waals surface area (Å²) in [6.45, 7) is 9.17. The van der Waals surface area contributed by atoms with Gasteiger partial charge in [-0.05, 0) is 19.4 Å². The summed E-state index contributed by atoms with van der Waals surface area (Å²) in [7, 11) is 0. The highest BCUT2D eigenvalue weighted by molar-refractivity contribution is 7.09. The fourth-order valence-electron chi connectivity index (χ4n) is 1.44. The van der Waals surface area contributed by atoms with Crippen LogP contribution < -0.4 is 10.6 Å². The van der Waals surface area contributed by atoms with E-state index in [9.17, 15) is 0 Å². The van der Waals surface area contributed by atoms with Gasteiger partial charge in [-0.1, -0.05) is 20.8 Å². The van der Waals surface area contributed by atoms with Gasteiger partial charge < -0.3 is 10.6 Å². The zero-order valence-corrected chi connectivity index (χ0v) is 11.3. The van der Waals surface area contributed by atoms with Gasteiger partial charge in [0, 0.05) is 30.5 Å². The Balaban J connectivity index is 2.67. The number of nitrogens with zero attached hydrogens (tertiary/aromatic N) is 3. The molecule has 2 N–H and O–H groups in total. The molecule has 1 aromatic rings. The summed E-state index contributed by atoms with van der Waals surface area (Å²) in [5.41, 5.74) is 5.55. The number of rotatable bonds is 7. The normalized spacial score (nSPS) is 11.1. The molecule has 0 unspecified atom stereocenters. The summed E-state index contributed by atoms with van der Waals surface area (Å²) in [6.07, 6.45) is 2.14. The topological polar surface area (TPSA) is 55.0 Å². The van der Waals surface area contributed by atoms with Crippen molar-refractivity contribution in [1.82, 2.24) is 9.36 Å². The van der Waals surface area contributed by atoms with Crippen molar-refractivity contribution in [1.29, 1.82) is 0 Å². The van der Waals surface area contributed by atoms with Gasteiger partial charge in [-0.15, -0.1) is 0 Å². The van der Waals surface area contributed by atoms with Crippen LogP contribution in [0.2, 0.25) is 0 Å². The summed E-state index contributed by atoms with van der Waals surface area (Å²) in [5, 5.41) is 1.04. The minimum absolute atomic E-state index is 0.406. The van der Waals surface area contributed by atoms with E-state index in [1.54, 1.807) is 0 Å². The molecule has 0 aliphatic rings. The molecule has 1 aromatic heterocycles. The SMILES string of the molecule is CCCN(CCCN)c1nc(C(C)C)ns1. The minimum Gasteiger partial charge on any atom is -0.347 e. The lowest BCUT2D eigenvalue weighted by Gasteiger charge is -2.19. The standard InChI is InChI=1S/C11H22N4S/c1-4-7-15(8-5-6-12)11-13-10(9(2)3)14-16-11/h9H,4-8,12H2,1-3H3. The molecule has 0 bridgehead atoms. The molecule has 1 heterocycles. The van der Waals surface area contributed by atoms with Crippen LogP contribution in [0.3, 0.4) is 0 Å². The Morgan fingerprint density at radius 2 is 2.12 bits per heavy atom. The lowest BCUT2D eigenvalue weighted by atomic mass is 10.2. The van der Waals surface area contributed by atoms with Gasteiger partial charge >= 0.3 is 0 Å². The van der Waals surface area contributed by atoms with Crippen LogP contribution in [-0.2, 0) is 0 Å². The molecule has 0 spiro atoms. The summed E-state index contributed by atoms with van der Waals surface area (Å²) < 4.78 is 4.38. The Morgan fingerprint density at radius 3 is 2.62 bits per heavy atom. The molecule has 0 atom stereocenters. The molecule has 0 saturated carbocycles. The second-order valence-corrected chi connectivity index (χ2v) is 4.95. The molecular weight excluding hydrogens is 220 g/mol. The van der Waals surface area contributed by atoms with Gasteiger partial charge in [0.25, 0.3) is 0 Å². The Labute approximate surface area is 102 Å². The van der Waals surface area contributed by atoms with E-state index < -0.39 is 0 Å². The van der Waals surface area contributed by atoms with Crippen LogP contribution in [0.4, 0.5) is 5.13 Å². The van der Waals surface area contributed by atoms with E-state index in [1.165, 1.54) is 11.5 Å². The van der Waals surface area contributed by atoms with Gasteiger partial charge in [0.1, 0.15) is 5.82 Å². The van der Waals surface area contributed by atoms with E-state index in [2.05, 4.69) is 35.0 Å². The largest absolute Gasteiger partial charge is 0.347 e. The third-order valence-electron chi connectivity index (χ3n) is 2.34. The van der Waals surface area contributed by atoms with Gasteiger partial charge in [0.05, 0.1) is 0 Å². The lowest BCUT2D eigenvalue weighted by Crippen LogP contribution is -2.26. The molecule has 0 fully saturated rings. The molecule has 4 nitrogen and oxygen atoms in total. The van der Waals surface area contributed by atoms with E-state index in [1.807, 2.05) is 0 Å². The quantitative estimate of drug-likeness (QED) is 0.796. The highest BCUT2D eigenvalue weighted by Crippen LogP contribution is 2.21. The molecular formula is C11H22N4S. The first kappa shape index (κ1) is 13.4. The van der Waals surface area contributed by atoms with E-state index >= 15 is 0 Å². The zero-order chi connectivity index (χ0) is 12.0. The van der Waals surface area contributed by atoms with Crippen molar-refractivity contribution in [2.75, 3.05) is 24.5 Å². The maximum atomic E-state index is 5.55. The van der Waals surface area contributed by atoms with E-state index in [0.29, 0.717) is 5.92 Å². The molecule has 0 radical (unpaired) electrons. The molecule has 5 heteroatoms. The van der Waals surface area contributed by atoms with Gasteiger partial charge in [-0.3, -0.25) is 0 Å². The zero-order valence-electron chi connectivity index (χ0n) is 10.4. The minimum atomic E-state index is 0.406. The third-order valence-corrected chi connectivity index (χ3v) is 3.13.